The Kier molecular flexibility index (Phi) is 3.08. The van der Waals surface area contributed by atoms with Gasteiger partial charge in [-0.15, -0.1) is 0 Å². The van der Waals surface area contributed by atoms with E-state index in [9.17, 15) is 9.90 Å². The van der Waals surface area contributed by atoms with Gasteiger partial charge in [0.15, 0.2) is 0 Å². The first-order valence-electron chi connectivity index (χ1n) is 6.75. The van der Waals surface area contributed by atoms with Gasteiger partial charge in [-0.05, 0) is 30.4 Å². The predicted molar refractivity (Wildman–Crippen MR) is 67.2 cm³/mol. The van der Waals surface area contributed by atoms with Gasteiger partial charge in [0.1, 0.15) is 12.2 Å². The first-order valence-corrected chi connectivity index (χ1v) is 6.75. The quantitative estimate of drug-likeness (QED) is 0.775. The summed E-state index contributed by atoms with van der Waals surface area (Å²) >= 11 is 0. The molecule has 1 aromatic carbocycles. The summed E-state index contributed by atoms with van der Waals surface area (Å²) in [6.07, 6.45) is 4.69. The fraction of sp³-hybridized carbons (Fsp3) is 0.533. The van der Waals surface area contributed by atoms with Crippen LogP contribution >= 0.6 is 0 Å². The zero-order chi connectivity index (χ0) is 12.5. The summed E-state index contributed by atoms with van der Waals surface area (Å²) in [5.41, 5.74) is 1.24. The summed E-state index contributed by atoms with van der Waals surface area (Å²) < 4.78 is 5.48. The van der Waals surface area contributed by atoms with Crippen LogP contribution in [-0.2, 0) is 4.74 Å². The Balaban J connectivity index is 1.89. The summed E-state index contributed by atoms with van der Waals surface area (Å²) in [6, 6.07) is 7.21. The second kappa shape index (κ2) is 4.73. The van der Waals surface area contributed by atoms with Crippen molar-refractivity contribution < 1.29 is 14.6 Å². The van der Waals surface area contributed by atoms with E-state index < -0.39 is 6.10 Å². The summed E-state index contributed by atoms with van der Waals surface area (Å²) in [6.45, 7) is 0. The minimum Gasteiger partial charge on any atom is -0.455 e. The van der Waals surface area contributed by atoms with Crippen LogP contribution in [0, 0.1) is 5.92 Å². The van der Waals surface area contributed by atoms with Crippen LogP contribution in [0.3, 0.4) is 0 Å². The van der Waals surface area contributed by atoms with Gasteiger partial charge in [0.25, 0.3) is 0 Å². The maximum atomic E-state index is 12.0. The molecule has 1 aromatic rings. The van der Waals surface area contributed by atoms with E-state index in [1.54, 1.807) is 12.1 Å². The van der Waals surface area contributed by atoms with Crippen molar-refractivity contribution in [3.63, 3.8) is 0 Å². The number of aliphatic hydroxyl groups is 1. The third-order valence-corrected chi connectivity index (χ3v) is 4.17. The number of fused-ring (bicyclic) bond motifs is 1. The van der Waals surface area contributed by atoms with Gasteiger partial charge in [0, 0.05) is 0 Å². The molecular weight excluding hydrogens is 228 g/mol. The fourth-order valence-corrected chi connectivity index (χ4v) is 3.19. The number of aliphatic hydroxyl groups excluding tert-OH is 1. The van der Waals surface area contributed by atoms with Crippen molar-refractivity contribution in [1.29, 1.82) is 0 Å². The number of benzene rings is 1. The average molecular weight is 246 g/mol. The maximum Gasteiger partial charge on any atom is 0.338 e. The molecule has 18 heavy (non-hydrogen) atoms. The number of esters is 1. The molecule has 0 radical (unpaired) electrons. The first kappa shape index (κ1) is 11.7. The topological polar surface area (TPSA) is 46.5 Å². The van der Waals surface area contributed by atoms with Gasteiger partial charge in [-0.2, -0.15) is 0 Å². The molecule has 1 N–H and O–H groups in total. The van der Waals surface area contributed by atoms with Crippen LogP contribution in [0.15, 0.2) is 24.3 Å². The lowest BCUT2D eigenvalue weighted by molar-refractivity contribution is -0.0604. The van der Waals surface area contributed by atoms with Crippen molar-refractivity contribution in [1.82, 2.24) is 0 Å². The molecule has 0 unspecified atom stereocenters. The largest absolute Gasteiger partial charge is 0.455 e. The molecule has 0 aromatic heterocycles. The van der Waals surface area contributed by atoms with Crippen molar-refractivity contribution >= 4 is 5.97 Å². The van der Waals surface area contributed by atoms with Gasteiger partial charge in [-0.25, -0.2) is 4.79 Å². The lowest BCUT2D eigenvalue weighted by atomic mass is 9.80. The van der Waals surface area contributed by atoms with Crippen LogP contribution in [-0.4, -0.2) is 17.2 Å². The van der Waals surface area contributed by atoms with Crippen molar-refractivity contribution in [2.45, 2.75) is 44.3 Å². The molecule has 1 heterocycles. The zero-order valence-electron chi connectivity index (χ0n) is 10.3. The number of carbonyl (C=O) groups is 1. The molecule has 0 amide bonds. The standard InChI is InChI=1S/C15H18O3/c16-13-11-8-4-5-9-12(11)15(17)18-14(13)10-6-2-1-3-7-10/h4-5,8-10,13-14,16H,1-3,6-7H2/t13-,14-/m1/s1. The van der Waals surface area contributed by atoms with Gasteiger partial charge in [0.05, 0.1) is 5.56 Å². The van der Waals surface area contributed by atoms with Gasteiger partial charge < -0.3 is 9.84 Å². The van der Waals surface area contributed by atoms with Crippen molar-refractivity contribution in [2.75, 3.05) is 0 Å². The van der Waals surface area contributed by atoms with Gasteiger partial charge in [0.2, 0.25) is 0 Å². The van der Waals surface area contributed by atoms with Crippen molar-refractivity contribution in [3.05, 3.63) is 35.4 Å². The van der Waals surface area contributed by atoms with Crippen LogP contribution in [0.2, 0.25) is 0 Å². The number of hydrogen-bond donors (Lipinski definition) is 1. The molecule has 3 rings (SSSR count). The van der Waals surface area contributed by atoms with Crippen LogP contribution in [0.25, 0.3) is 0 Å². The number of ether oxygens (including phenoxy) is 1. The van der Waals surface area contributed by atoms with E-state index in [0.717, 1.165) is 18.4 Å². The maximum absolute atomic E-state index is 12.0. The Morgan fingerprint density at radius 1 is 1.11 bits per heavy atom. The zero-order valence-corrected chi connectivity index (χ0v) is 10.3. The highest BCUT2D eigenvalue weighted by molar-refractivity contribution is 5.92. The van der Waals surface area contributed by atoms with Gasteiger partial charge >= 0.3 is 5.97 Å². The highest BCUT2D eigenvalue weighted by atomic mass is 16.6. The SMILES string of the molecule is O=C1O[C@H](C2CCCCC2)[C@H](O)c2ccccc21. The van der Waals surface area contributed by atoms with E-state index in [4.69, 9.17) is 4.74 Å². The van der Waals surface area contributed by atoms with E-state index in [2.05, 4.69) is 0 Å². The lowest BCUT2D eigenvalue weighted by Crippen LogP contribution is -2.38. The molecule has 0 saturated heterocycles. The highest BCUT2D eigenvalue weighted by Gasteiger charge is 2.39. The van der Waals surface area contributed by atoms with Crippen molar-refractivity contribution in [3.8, 4) is 0 Å². The van der Waals surface area contributed by atoms with Crippen molar-refractivity contribution in [2.24, 2.45) is 5.92 Å². The molecule has 0 bridgehead atoms. The van der Waals surface area contributed by atoms with Crippen LogP contribution < -0.4 is 0 Å². The van der Waals surface area contributed by atoms with E-state index in [1.807, 2.05) is 12.1 Å². The molecule has 2 aliphatic rings. The molecule has 2 atom stereocenters. The summed E-state index contributed by atoms with van der Waals surface area (Å²) in [7, 11) is 0. The number of hydrogen-bond acceptors (Lipinski definition) is 3. The van der Waals surface area contributed by atoms with E-state index in [0.29, 0.717) is 11.5 Å². The number of cyclic esters (lactones) is 1. The summed E-state index contributed by atoms with van der Waals surface area (Å²) in [4.78, 5) is 12.0. The minimum atomic E-state index is -0.665. The molecule has 1 fully saturated rings. The Labute approximate surface area is 107 Å². The summed E-state index contributed by atoms with van der Waals surface area (Å²) in [5.74, 6) is 0.0255. The summed E-state index contributed by atoms with van der Waals surface area (Å²) in [5, 5.41) is 10.4. The molecule has 1 aliphatic heterocycles. The number of rotatable bonds is 1. The second-order valence-corrected chi connectivity index (χ2v) is 5.30. The first-order chi connectivity index (χ1) is 8.77. The van der Waals surface area contributed by atoms with E-state index >= 15 is 0 Å². The van der Waals surface area contributed by atoms with Crippen LogP contribution in [0.4, 0.5) is 0 Å². The Hall–Kier alpha value is -1.35. The Bertz CT molecular complexity index is 449. The third kappa shape index (κ3) is 1.93. The Morgan fingerprint density at radius 3 is 2.61 bits per heavy atom. The molecule has 1 aliphatic carbocycles. The normalized spacial score (nSPS) is 28.6. The van der Waals surface area contributed by atoms with Gasteiger partial charge in [-0.1, -0.05) is 37.5 Å². The van der Waals surface area contributed by atoms with E-state index in [-0.39, 0.29) is 12.1 Å². The van der Waals surface area contributed by atoms with E-state index in [1.165, 1.54) is 19.3 Å². The third-order valence-electron chi connectivity index (χ3n) is 4.17. The molecule has 3 nitrogen and oxygen atoms in total. The number of carbonyl (C=O) groups excluding carboxylic acids is 1. The van der Waals surface area contributed by atoms with Crippen LogP contribution in [0.1, 0.15) is 54.1 Å². The lowest BCUT2D eigenvalue weighted by Gasteiger charge is -2.36. The molecule has 96 valence electrons. The smallest absolute Gasteiger partial charge is 0.338 e. The minimum absolute atomic E-state index is 0.286. The average Bonchev–Trinajstić information content (AvgIpc) is 2.44. The molecular formula is C15H18O3. The van der Waals surface area contributed by atoms with Crippen LogP contribution in [0.5, 0.6) is 0 Å². The molecule has 3 heteroatoms. The molecule has 1 saturated carbocycles. The monoisotopic (exact) mass is 246 g/mol. The predicted octanol–water partition coefficient (Wildman–Crippen LogP) is 2.84. The highest BCUT2D eigenvalue weighted by Crippen LogP contribution is 2.38. The molecule has 0 spiro atoms. The fourth-order valence-electron chi connectivity index (χ4n) is 3.19. The van der Waals surface area contributed by atoms with Gasteiger partial charge in [-0.3, -0.25) is 0 Å². The Morgan fingerprint density at radius 2 is 1.83 bits per heavy atom. The second-order valence-electron chi connectivity index (χ2n) is 5.30.